The van der Waals surface area contributed by atoms with Crippen molar-refractivity contribution in [3.63, 3.8) is 0 Å². The maximum Gasteiger partial charge on any atom is 0.206 e. The van der Waals surface area contributed by atoms with Crippen LogP contribution in [0.3, 0.4) is 0 Å². The molecule has 0 aromatic rings. The van der Waals surface area contributed by atoms with Crippen molar-refractivity contribution >= 4 is 0 Å². The highest BCUT2D eigenvalue weighted by molar-refractivity contribution is 5.15. The molecule has 0 N–H and O–H groups in total. The average Bonchev–Trinajstić information content (AvgIpc) is 2.53. The standard InChI is InChI=1S/C21H14NO/c1-5-7-9-11-13-15-17-19-22(3,21-23-4)20-18-16-14-12-10-8-6-2/h15-16H,1-2,21H2,3-4H3/q+1. The molecule has 0 rings (SSSR count). The van der Waals surface area contributed by atoms with Crippen LogP contribution < -0.4 is 0 Å². The fourth-order valence-corrected chi connectivity index (χ4v) is 1.07. The number of hydrogen-bond donors (Lipinski definition) is 0. The summed E-state index contributed by atoms with van der Waals surface area (Å²) >= 11 is 0. The van der Waals surface area contributed by atoms with Crippen molar-refractivity contribution in [3.05, 3.63) is 82.6 Å². The summed E-state index contributed by atoms with van der Waals surface area (Å²) in [6, 6.07) is 5.88. The summed E-state index contributed by atoms with van der Waals surface area (Å²) in [5, 5.41) is 0. The molecule has 0 aliphatic rings. The van der Waals surface area contributed by atoms with E-state index in [0.29, 0.717) is 6.73 Å². The van der Waals surface area contributed by atoms with Crippen LogP contribution in [0.2, 0.25) is 0 Å². The number of rotatable bonds is 2. The molecule has 0 radical (unpaired) electrons. The number of allylic oxidation sites excluding steroid dienone is 2. The van der Waals surface area contributed by atoms with Crippen LogP contribution in [0.15, 0.2) is 82.6 Å². The van der Waals surface area contributed by atoms with Gasteiger partial charge < -0.3 is 4.74 Å². The summed E-state index contributed by atoms with van der Waals surface area (Å²) in [4.78, 5) is 0. The third kappa shape index (κ3) is 11.8. The van der Waals surface area contributed by atoms with Crippen LogP contribution in [0.4, 0.5) is 0 Å². The van der Waals surface area contributed by atoms with Gasteiger partial charge >= 0.3 is 0 Å². The molecule has 0 atom stereocenters. The fourth-order valence-electron chi connectivity index (χ4n) is 1.07. The van der Waals surface area contributed by atoms with Crippen LogP contribution >= 0.6 is 0 Å². The first-order chi connectivity index (χ1) is 11.2. The van der Waals surface area contributed by atoms with Gasteiger partial charge in [-0.3, -0.25) is 0 Å². The molecule has 0 saturated carbocycles. The summed E-state index contributed by atoms with van der Waals surface area (Å²) in [6.07, 6.45) is 2.99. The third-order valence-electron chi connectivity index (χ3n) is 1.87. The molecule has 0 aliphatic carbocycles. The smallest absolute Gasteiger partial charge is 0.206 e. The van der Waals surface area contributed by atoms with Gasteiger partial charge in [-0.05, 0) is 59.4 Å². The van der Waals surface area contributed by atoms with E-state index in [1.54, 1.807) is 7.11 Å². The van der Waals surface area contributed by atoms with Gasteiger partial charge in [0.15, 0.2) is 12.1 Å². The van der Waals surface area contributed by atoms with E-state index in [-0.39, 0.29) is 4.48 Å². The van der Waals surface area contributed by atoms with Crippen LogP contribution in [0.1, 0.15) is 0 Å². The van der Waals surface area contributed by atoms with Gasteiger partial charge in [-0.25, -0.2) is 0 Å². The Balaban J connectivity index is 5.48. The van der Waals surface area contributed by atoms with E-state index in [2.05, 4.69) is 94.4 Å². The monoisotopic (exact) mass is 296 g/mol. The Bertz CT molecular complexity index is 864. The van der Waals surface area contributed by atoms with E-state index in [4.69, 9.17) is 4.74 Å². The van der Waals surface area contributed by atoms with Gasteiger partial charge in [0.25, 0.3) is 0 Å². The van der Waals surface area contributed by atoms with Crippen molar-refractivity contribution in [1.82, 2.24) is 0 Å². The van der Waals surface area contributed by atoms with Crippen LogP contribution in [-0.2, 0) is 4.74 Å². The lowest BCUT2D eigenvalue weighted by Gasteiger charge is -2.15. The predicted molar refractivity (Wildman–Crippen MR) is 89.1 cm³/mol. The molecule has 0 aromatic heterocycles. The largest absolute Gasteiger partial charge is 0.333 e. The van der Waals surface area contributed by atoms with Crippen molar-refractivity contribution in [2.75, 3.05) is 20.9 Å². The minimum atomic E-state index is 0.0745. The van der Waals surface area contributed by atoms with Crippen LogP contribution in [0.25, 0.3) is 0 Å². The van der Waals surface area contributed by atoms with E-state index >= 15 is 0 Å². The summed E-state index contributed by atoms with van der Waals surface area (Å²) in [5.41, 5.74) is 25.4. The highest BCUT2D eigenvalue weighted by atomic mass is 16.5. The molecule has 0 saturated heterocycles. The molecule has 0 aliphatic heterocycles. The minimum Gasteiger partial charge on any atom is -0.333 e. The van der Waals surface area contributed by atoms with Crippen LogP contribution in [-0.4, -0.2) is 25.4 Å². The molecule has 2 nitrogen and oxygen atoms in total. The second kappa shape index (κ2) is 13.3. The van der Waals surface area contributed by atoms with E-state index in [1.807, 2.05) is 7.05 Å². The number of ether oxygens (including phenoxy) is 1. The van der Waals surface area contributed by atoms with Crippen molar-refractivity contribution in [2.45, 2.75) is 0 Å². The molecular weight excluding hydrogens is 282 g/mol. The van der Waals surface area contributed by atoms with Crippen molar-refractivity contribution in [3.8, 4) is 23.9 Å². The minimum absolute atomic E-state index is 0.0745. The van der Waals surface area contributed by atoms with Gasteiger partial charge in [0, 0.05) is 19.3 Å². The van der Waals surface area contributed by atoms with Gasteiger partial charge in [0.05, 0.1) is 7.05 Å². The van der Waals surface area contributed by atoms with E-state index in [0.717, 1.165) is 0 Å². The first-order valence-electron chi connectivity index (χ1n) is 6.27. The Morgan fingerprint density at radius 1 is 0.826 bits per heavy atom. The number of methoxy groups -OCH3 is 1. The van der Waals surface area contributed by atoms with E-state index in [9.17, 15) is 0 Å². The molecule has 0 aromatic carbocycles. The van der Waals surface area contributed by atoms with E-state index in [1.165, 1.54) is 12.2 Å². The van der Waals surface area contributed by atoms with Crippen molar-refractivity contribution in [2.24, 2.45) is 0 Å². The Kier molecular flexibility index (Phi) is 11.2. The highest BCUT2D eigenvalue weighted by Gasteiger charge is 2.15. The molecule has 2 heteroatoms. The average molecular weight is 296 g/mol. The highest BCUT2D eigenvalue weighted by Crippen LogP contribution is 1.97. The molecule has 0 unspecified atom stereocenters. The second-order valence-electron chi connectivity index (χ2n) is 3.80. The zero-order chi connectivity index (χ0) is 17.2. The molecule has 108 valence electrons. The lowest BCUT2D eigenvalue weighted by molar-refractivity contribution is -0.796. The van der Waals surface area contributed by atoms with Gasteiger partial charge in [0.2, 0.25) is 6.73 Å². The number of hydrogen-bond acceptors (Lipinski definition) is 1. The van der Waals surface area contributed by atoms with Gasteiger partial charge in [-0.1, -0.05) is 22.9 Å². The maximum absolute atomic E-state index is 5.12. The SMILES string of the molecule is C=C=C=C=C=C=CC#C[N+](C)(C#CC=C=C=C=C=C=C)COC. The number of nitrogens with zero attached hydrogens (tertiary/aromatic N) is 1. The van der Waals surface area contributed by atoms with Gasteiger partial charge in [-0.2, -0.15) is 4.48 Å². The molecule has 0 fully saturated rings. The molecule has 0 amide bonds. The predicted octanol–water partition coefficient (Wildman–Crippen LogP) is 2.88. The lowest BCUT2D eigenvalue weighted by atomic mass is 10.5. The first-order valence-corrected chi connectivity index (χ1v) is 6.27. The summed E-state index contributed by atoms with van der Waals surface area (Å²) in [6.45, 7) is 6.99. The van der Waals surface area contributed by atoms with Crippen LogP contribution in [0.5, 0.6) is 0 Å². The third-order valence-corrected chi connectivity index (χ3v) is 1.87. The van der Waals surface area contributed by atoms with Crippen molar-refractivity contribution < 1.29 is 9.22 Å². The second-order valence-corrected chi connectivity index (χ2v) is 3.80. The molecule has 0 spiro atoms. The lowest BCUT2D eigenvalue weighted by Crippen LogP contribution is -2.35. The Morgan fingerprint density at radius 3 is 1.70 bits per heavy atom. The number of quaternary nitrogens is 1. The Labute approximate surface area is 137 Å². The van der Waals surface area contributed by atoms with Gasteiger partial charge in [-0.15, -0.1) is 0 Å². The summed E-state index contributed by atoms with van der Waals surface area (Å²) in [7, 11) is 3.39. The molecule has 0 heterocycles. The van der Waals surface area contributed by atoms with Gasteiger partial charge in [0.1, 0.15) is 0 Å². The maximum atomic E-state index is 5.12. The van der Waals surface area contributed by atoms with E-state index < -0.39 is 0 Å². The normalized spacial score (nSPS) is 8.78. The Hall–Kier alpha value is -3.68. The topological polar surface area (TPSA) is 9.23 Å². The zero-order valence-corrected chi connectivity index (χ0v) is 13.1. The van der Waals surface area contributed by atoms with Crippen LogP contribution in [0, 0.1) is 23.9 Å². The van der Waals surface area contributed by atoms with Crippen molar-refractivity contribution in [1.29, 1.82) is 0 Å². The molecule has 23 heavy (non-hydrogen) atoms. The Morgan fingerprint density at radius 2 is 1.30 bits per heavy atom. The fraction of sp³-hybridized carbons (Fsp3) is 0.143. The molecular formula is C21H14NO+. The quantitative estimate of drug-likeness (QED) is 0.329. The molecule has 0 bridgehead atoms. The zero-order valence-electron chi connectivity index (χ0n) is 13.1. The summed E-state index contributed by atoms with van der Waals surface area (Å²) in [5.74, 6) is 5.61. The first kappa shape index (κ1) is 19.3. The summed E-state index contributed by atoms with van der Waals surface area (Å²) < 4.78 is 5.19.